The Morgan fingerprint density at radius 3 is 2.36 bits per heavy atom. The number of nitrogens with one attached hydrogen (secondary N) is 1. The number of halogens is 2. The van der Waals surface area contributed by atoms with Crippen LogP contribution in [0.3, 0.4) is 0 Å². The summed E-state index contributed by atoms with van der Waals surface area (Å²) in [7, 11) is -10.3. The van der Waals surface area contributed by atoms with Gasteiger partial charge in [0.2, 0.25) is 0 Å². The first-order valence-corrected chi connectivity index (χ1v) is 5.34. The van der Waals surface area contributed by atoms with E-state index < -0.39 is 18.2 Å². The maximum Gasteiger partial charge on any atom is 0.458 e. The standard InChI is InChI=1S/C2H6F2NO4PS/c1-2-9-10(3,6)5-11(4,7)8/h2H2,1H3,(H,5,6). The monoisotopic (exact) mass is 209 g/mol. The molecule has 9 heteroatoms. The quantitative estimate of drug-likeness (QED) is 0.551. The van der Waals surface area contributed by atoms with E-state index in [9.17, 15) is 21.1 Å². The first kappa shape index (κ1) is 11.0. The molecule has 0 spiro atoms. The molecule has 0 aliphatic carbocycles. The van der Waals surface area contributed by atoms with Gasteiger partial charge >= 0.3 is 18.2 Å². The maximum atomic E-state index is 12.2. The summed E-state index contributed by atoms with van der Waals surface area (Å²) in [5, 5.41) is 0. The molecule has 1 unspecified atom stereocenters. The van der Waals surface area contributed by atoms with E-state index in [0.717, 1.165) is 0 Å². The lowest BCUT2D eigenvalue weighted by atomic mass is 10.9. The van der Waals surface area contributed by atoms with Crippen molar-refractivity contribution in [2.75, 3.05) is 6.61 Å². The van der Waals surface area contributed by atoms with E-state index in [1.54, 1.807) is 0 Å². The summed E-state index contributed by atoms with van der Waals surface area (Å²) in [4.78, 5) is 0. The van der Waals surface area contributed by atoms with Crippen LogP contribution in [0, 0.1) is 0 Å². The SMILES string of the molecule is CCOP(=O)(F)NS(=O)(=O)F. The second-order valence-electron chi connectivity index (χ2n) is 1.43. The largest absolute Gasteiger partial charge is 0.458 e. The zero-order valence-corrected chi connectivity index (χ0v) is 7.16. The molecule has 0 fully saturated rings. The molecule has 0 radical (unpaired) electrons. The van der Waals surface area contributed by atoms with E-state index in [4.69, 9.17) is 0 Å². The predicted octanol–water partition coefficient (Wildman–Crippen LogP) is 0.904. The molecule has 0 amide bonds. The predicted molar refractivity (Wildman–Crippen MR) is 33.5 cm³/mol. The first-order valence-electron chi connectivity index (χ1n) is 2.45. The lowest BCUT2D eigenvalue weighted by Gasteiger charge is -2.04. The molecule has 0 heterocycles. The van der Waals surface area contributed by atoms with E-state index in [1.807, 2.05) is 0 Å². The van der Waals surface area contributed by atoms with Crippen LogP contribution in [0.2, 0.25) is 0 Å². The fourth-order valence-electron chi connectivity index (χ4n) is 0.323. The minimum Gasteiger partial charge on any atom is -0.293 e. The molecule has 1 N–H and O–H groups in total. The molecule has 0 saturated heterocycles. The summed E-state index contributed by atoms with van der Waals surface area (Å²) in [5.74, 6) is 0. The van der Waals surface area contributed by atoms with Crippen molar-refractivity contribution in [3.63, 3.8) is 0 Å². The van der Waals surface area contributed by atoms with Crippen LogP contribution >= 0.6 is 7.83 Å². The van der Waals surface area contributed by atoms with Crippen molar-refractivity contribution in [3.8, 4) is 0 Å². The van der Waals surface area contributed by atoms with E-state index >= 15 is 0 Å². The molecule has 0 aromatic rings. The third-order valence-corrected chi connectivity index (χ3v) is 2.85. The second kappa shape index (κ2) is 3.57. The lowest BCUT2D eigenvalue weighted by molar-refractivity contribution is 0.300. The molecule has 0 aromatic heterocycles. The molecule has 0 aliphatic rings. The Kier molecular flexibility index (Phi) is 3.56. The van der Waals surface area contributed by atoms with Crippen LogP contribution in [0.15, 0.2) is 0 Å². The Balaban J connectivity index is 4.26. The highest BCUT2D eigenvalue weighted by molar-refractivity contribution is 7.90. The Labute approximate surface area is 62.7 Å². The van der Waals surface area contributed by atoms with Gasteiger partial charge in [-0.3, -0.25) is 4.52 Å². The first-order chi connectivity index (χ1) is 4.77. The Morgan fingerprint density at radius 1 is 1.64 bits per heavy atom. The summed E-state index contributed by atoms with van der Waals surface area (Å²) in [5.41, 5.74) is 0. The molecule has 1 atom stereocenters. The summed E-state index contributed by atoms with van der Waals surface area (Å²) < 4.78 is 57.6. The van der Waals surface area contributed by atoms with Gasteiger partial charge in [-0.2, -0.15) is 8.42 Å². The van der Waals surface area contributed by atoms with E-state index in [2.05, 4.69) is 4.52 Å². The molecular weight excluding hydrogens is 203 g/mol. The van der Waals surface area contributed by atoms with Gasteiger partial charge in [0.15, 0.2) is 0 Å². The summed E-state index contributed by atoms with van der Waals surface area (Å²) in [6, 6.07) is 0. The minimum absolute atomic E-state index is 0.323. The smallest absolute Gasteiger partial charge is 0.293 e. The highest BCUT2D eigenvalue weighted by atomic mass is 32.3. The van der Waals surface area contributed by atoms with Gasteiger partial charge in [0.1, 0.15) is 0 Å². The average Bonchev–Trinajstić information content (AvgIpc) is 1.55. The summed E-state index contributed by atoms with van der Waals surface area (Å²) in [6.07, 6.45) is 0. The van der Waals surface area contributed by atoms with Crippen molar-refractivity contribution in [2.45, 2.75) is 6.92 Å². The third kappa shape index (κ3) is 6.36. The van der Waals surface area contributed by atoms with Crippen LogP contribution in [0.1, 0.15) is 6.92 Å². The summed E-state index contributed by atoms with van der Waals surface area (Å²) >= 11 is 0. The van der Waals surface area contributed by atoms with Crippen LogP contribution in [0.25, 0.3) is 0 Å². The molecule has 11 heavy (non-hydrogen) atoms. The second-order valence-corrected chi connectivity index (χ2v) is 4.25. The molecule has 0 aliphatic heterocycles. The molecule has 0 aromatic carbocycles. The van der Waals surface area contributed by atoms with Gasteiger partial charge in [0, 0.05) is 0 Å². The van der Waals surface area contributed by atoms with Crippen molar-refractivity contribution in [1.82, 2.24) is 4.49 Å². The van der Waals surface area contributed by atoms with Crippen LogP contribution < -0.4 is 4.49 Å². The lowest BCUT2D eigenvalue weighted by Crippen LogP contribution is -2.14. The van der Waals surface area contributed by atoms with Crippen LogP contribution in [0.4, 0.5) is 8.08 Å². The third-order valence-electron chi connectivity index (χ3n) is 0.513. The maximum absolute atomic E-state index is 12.2. The van der Waals surface area contributed by atoms with Crippen molar-refractivity contribution in [2.24, 2.45) is 0 Å². The molecule has 0 bridgehead atoms. The van der Waals surface area contributed by atoms with Crippen LogP contribution in [-0.4, -0.2) is 15.0 Å². The molecule has 0 rings (SSSR count). The Hall–Kier alpha value is -0.0400. The number of hydrogen-bond acceptors (Lipinski definition) is 4. The normalized spacial score (nSPS) is 17.7. The average molecular weight is 209 g/mol. The molecular formula is C2H6F2NO4PS. The van der Waals surface area contributed by atoms with E-state index in [1.165, 1.54) is 6.92 Å². The van der Waals surface area contributed by atoms with Crippen molar-refractivity contribution < 1.29 is 25.6 Å². The molecule has 0 saturated carbocycles. The summed E-state index contributed by atoms with van der Waals surface area (Å²) in [6.45, 7) is 0.953. The highest BCUT2D eigenvalue weighted by Crippen LogP contribution is 2.44. The van der Waals surface area contributed by atoms with Gasteiger partial charge in [0.05, 0.1) is 6.61 Å². The zero-order valence-electron chi connectivity index (χ0n) is 5.45. The van der Waals surface area contributed by atoms with Crippen molar-refractivity contribution >= 4 is 18.2 Å². The van der Waals surface area contributed by atoms with E-state index in [-0.39, 0.29) is 6.61 Å². The zero-order chi connectivity index (χ0) is 9.12. The molecule has 68 valence electrons. The highest BCUT2D eigenvalue weighted by Gasteiger charge is 2.28. The minimum atomic E-state index is -5.32. The number of rotatable bonds is 4. The van der Waals surface area contributed by atoms with Crippen LogP contribution in [0.5, 0.6) is 0 Å². The molecule has 5 nitrogen and oxygen atoms in total. The number of hydrogen-bond donors (Lipinski definition) is 1. The fourth-order valence-corrected chi connectivity index (χ4v) is 1.91. The van der Waals surface area contributed by atoms with E-state index in [0.29, 0.717) is 4.49 Å². The van der Waals surface area contributed by atoms with Gasteiger partial charge in [0.25, 0.3) is 0 Å². The van der Waals surface area contributed by atoms with Gasteiger partial charge < -0.3 is 0 Å². The Morgan fingerprint density at radius 2 is 2.09 bits per heavy atom. The van der Waals surface area contributed by atoms with Crippen molar-refractivity contribution in [3.05, 3.63) is 0 Å². The Bertz CT molecular complexity index is 263. The van der Waals surface area contributed by atoms with Crippen LogP contribution in [-0.2, 0) is 19.5 Å². The van der Waals surface area contributed by atoms with Gasteiger partial charge in [-0.1, -0.05) is 8.38 Å². The van der Waals surface area contributed by atoms with Crippen molar-refractivity contribution in [1.29, 1.82) is 0 Å². The van der Waals surface area contributed by atoms with Gasteiger partial charge in [-0.15, -0.1) is 4.20 Å². The van der Waals surface area contributed by atoms with Gasteiger partial charge in [-0.05, 0) is 6.92 Å². The fraction of sp³-hybridized carbons (Fsp3) is 1.00. The van der Waals surface area contributed by atoms with Gasteiger partial charge in [-0.25, -0.2) is 4.57 Å². The topological polar surface area (TPSA) is 72.5 Å².